The van der Waals surface area contributed by atoms with Crippen molar-refractivity contribution in [1.29, 1.82) is 0 Å². The first-order chi connectivity index (χ1) is 18.9. The first kappa shape index (κ1) is 34.8. The Morgan fingerprint density at radius 2 is 1.33 bits per heavy atom. The zero-order chi connectivity index (χ0) is 32.2. The molecule has 4 bridgehead atoms. The molecule has 4 fully saturated rings. The molecule has 0 amide bonds. The molecule has 244 valence electrons. The molecule has 0 spiro atoms. The van der Waals surface area contributed by atoms with Gasteiger partial charge in [-0.15, -0.1) is 0 Å². The molecule has 1 unspecified atom stereocenters. The number of unbranched alkanes of at least 4 members (excludes halogenated alkanes) is 1. The van der Waals surface area contributed by atoms with E-state index >= 15 is 0 Å². The average molecular weight is 653 g/mol. The second kappa shape index (κ2) is 11.4. The lowest BCUT2D eigenvalue weighted by Crippen LogP contribution is -2.71. The normalized spacial score (nSPS) is 27.7. The Hall–Kier alpha value is -1.66. The lowest BCUT2D eigenvalue weighted by atomic mass is 9.46. The average Bonchev–Trinajstić information content (AvgIpc) is 2.80. The van der Waals surface area contributed by atoms with Gasteiger partial charge in [0.1, 0.15) is 0 Å². The Morgan fingerprint density at radius 1 is 0.881 bits per heavy atom. The summed E-state index contributed by atoms with van der Waals surface area (Å²) in [5.74, 6) is -7.45. The van der Waals surface area contributed by atoms with E-state index in [-0.39, 0.29) is 37.0 Å². The molecule has 4 aliphatic carbocycles. The molecule has 42 heavy (non-hydrogen) atoms. The van der Waals surface area contributed by atoms with Gasteiger partial charge in [-0.2, -0.15) is 52.3 Å². The molecule has 18 heteroatoms. The van der Waals surface area contributed by atoms with E-state index < -0.39 is 94.8 Å². The second-order valence-electron chi connectivity index (χ2n) is 11.6. The topological polar surface area (TPSA) is 110 Å². The minimum atomic E-state index is -6.42. The summed E-state index contributed by atoms with van der Waals surface area (Å²) in [4.78, 5) is 12.7. The highest BCUT2D eigenvalue weighted by Crippen LogP contribution is 2.65. The van der Waals surface area contributed by atoms with Crippen molar-refractivity contribution < 1.29 is 76.2 Å². The fourth-order valence-electron chi connectivity index (χ4n) is 6.94. The van der Waals surface area contributed by atoms with E-state index in [1.807, 2.05) is 0 Å². The van der Waals surface area contributed by atoms with E-state index in [1.54, 1.807) is 0 Å². The molecule has 0 aromatic rings. The summed E-state index contributed by atoms with van der Waals surface area (Å²) < 4.78 is 176. The summed E-state index contributed by atoms with van der Waals surface area (Å²) >= 11 is 0. The number of hydrogen-bond donors (Lipinski definition) is 2. The van der Waals surface area contributed by atoms with Crippen molar-refractivity contribution in [1.82, 2.24) is 0 Å². The number of carbonyl (C=O) groups excluding carboxylic acids is 1. The number of rotatable bonds is 13. The van der Waals surface area contributed by atoms with Gasteiger partial charge in [0, 0.05) is 18.4 Å². The molecule has 0 saturated heterocycles. The predicted octanol–water partition coefficient (Wildman–Crippen LogP) is 5.83. The highest BCUT2D eigenvalue weighted by Gasteiger charge is 2.79. The van der Waals surface area contributed by atoms with Crippen molar-refractivity contribution in [2.45, 2.75) is 93.0 Å². The summed E-state index contributed by atoms with van der Waals surface area (Å²) in [6, 6.07) is 0. The maximum atomic E-state index is 14.0. The first-order valence-corrected chi connectivity index (χ1v) is 14.4. The SMILES string of the molecule is C=C(COCCCCC(F)(F)C(F)(F)S(=O)(=O)O)C(=O)OC(C12CC3CC(CC(C3)C1)C2)C(O)(C(F)(F)F)C(F)(F)F. The third kappa shape index (κ3) is 6.41. The van der Waals surface area contributed by atoms with Gasteiger partial charge in [-0.25, -0.2) is 4.79 Å². The van der Waals surface area contributed by atoms with Crippen LogP contribution in [0.3, 0.4) is 0 Å². The van der Waals surface area contributed by atoms with Crippen LogP contribution in [0.15, 0.2) is 12.2 Å². The fraction of sp³-hybridized carbons (Fsp3) is 0.875. The molecular formula is C24H30F10O7S. The van der Waals surface area contributed by atoms with E-state index in [0.717, 1.165) is 0 Å². The van der Waals surface area contributed by atoms with E-state index in [1.165, 1.54) is 0 Å². The van der Waals surface area contributed by atoms with Crippen molar-refractivity contribution in [3.05, 3.63) is 12.2 Å². The lowest BCUT2D eigenvalue weighted by Gasteiger charge is -2.60. The maximum Gasteiger partial charge on any atom is 0.431 e. The van der Waals surface area contributed by atoms with Crippen LogP contribution in [0.5, 0.6) is 0 Å². The zero-order valence-electron chi connectivity index (χ0n) is 21.9. The van der Waals surface area contributed by atoms with Crippen LogP contribution in [0.2, 0.25) is 0 Å². The molecule has 2 N–H and O–H groups in total. The monoisotopic (exact) mass is 652 g/mol. The molecule has 4 saturated carbocycles. The quantitative estimate of drug-likeness (QED) is 0.0848. The lowest BCUT2D eigenvalue weighted by molar-refractivity contribution is -0.406. The Labute approximate surface area is 234 Å². The van der Waals surface area contributed by atoms with Gasteiger partial charge in [0.25, 0.3) is 5.60 Å². The van der Waals surface area contributed by atoms with Crippen molar-refractivity contribution >= 4 is 16.1 Å². The second-order valence-corrected chi connectivity index (χ2v) is 13.1. The molecule has 4 rings (SSSR count). The third-order valence-electron chi connectivity index (χ3n) is 8.45. The minimum absolute atomic E-state index is 0.114. The first-order valence-electron chi connectivity index (χ1n) is 12.9. The van der Waals surface area contributed by atoms with Crippen LogP contribution >= 0.6 is 0 Å². The number of aliphatic hydroxyl groups is 1. The van der Waals surface area contributed by atoms with Gasteiger partial charge < -0.3 is 14.6 Å². The van der Waals surface area contributed by atoms with E-state index in [0.29, 0.717) is 19.3 Å². The summed E-state index contributed by atoms with van der Waals surface area (Å²) in [6.45, 7) is 1.81. The van der Waals surface area contributed by atoms with Gasteiger partial charge >= 0.3 is 39.6 Å². The number of alkyl halides is 10. The Morgan fingerprint density at radius 3 is 1.74 bits per heavy atom. The smallest absolute Gasteiger partial charge is 0.431 e. The molecule has 0 aromatic heterocycles. The summed E-state index contributed by atoms with van der Waals surface area (Å²) in [7, 11) is -6.42. The van der Waals surface area contributed by atoms with Gasteiger partial charge in [0.2, 0.25) is 0 Å². The predicted molar refractivity (Wildman–Crippen MR) is 123 cm³/mol. The Bertz CT molecular complexity index is 1080. The number of esters is 1. The fourth-order valence-corrected chi connectivity index (χ4v) is 7.42. The number of carbonyl (C=O) groups is 1. The van der Waals surface area contributed by atoms with Gasteiger partial charge in [0.15, 0.2) is 6.10 Å². The molecule has 0 aromatic carbocycles. The molecule has 0 radical (unpaired) electrons. The highest BCUT2D eigenvalue weighted by atomic mass is 32.2. The summed E-state index contributed by atoms with van der Waals surface area (Å²) in [5.41, 5.74) is -7.96. The van der Waals surface area contributed by atoms with E-state index in [2.05, 4.69) is 6.58 Å². The van der Waals surface area contributed by atoms with E-state index in [9.17, 15) is 62.2 Å². The molecule has 1 atom stereocenters. The van der Waals surface area contributed by atoms with Gasteiger partial charge in [-0.1, -0.05) is 6.58 Å². The van der Waals surface area contributed by atoms with Gasteiger partial charge in [-0.05, 0) is 69.1 Å². The molecule has 4 aliphatic rings. The van der Waals surface area contributed by atoms with Crippen LogP contribution in [0, 0.1) is 23.2 Å². The summed E-state index contributed by atoms with van der Waals surface area (Å²) in [5, 5.41) is 4.56. The molecule has 0 heterocycles. The Kier molecular flexibility index (Phi) is 9.42. The van der Waals surface area contributed by atoms with E-state index in [4.69, 9.17) is 14.0 Å². The molecule has 7 nitrogen and oxygen atoms in total. The number of ether oxygens (including phenoxy) is 2. The zero-order valence-corrected chi connectivity index (χ0v) is 22.7. The summed E-state index contributed by atoms with van der Waals surface area (Å²) in [6.07, 6.45) is -17.0. The van der Waals surface area contributed by atoms with Crippen LogP contribution in [-0.2, 0) is 24.4 Å². The standard InChI is InChI=1S/C24H30F10O7S/c1-13(12-40-5-3-2-4-20(25,26)24(33,34)42(37,38)39)17(35)41-18(21(36,22(27,28)29)23(30,31)32)19-9-14-6-15(10-19)8-16(7-14)11-19/h14-16,18,36H,1-12H2,(H,37,38,39). The van der Waals surface area contributed by atoms with Crippen LogP contribution in [0.4, 0.5) is 43.9 Å². The third-order valence-corrected chi connectivity index (χ3v) is 9.40. The maximum absolute atomic E-state index is 14.0. The van der Waals surface area contributed by atoms with Crippen LogP contribution < -0.4 is 0 Å². The Balaban J connectivity index is 1.67. The van der Waals surface area contributed by atoms with Crippen molar-refractivity contribution in [2.75, 3.05) is 13.2 Å². The van der Waals surface area contributed by atoms with Crippen molar-refractivity contribution in [3.63, 3.8) is 0 Å². The van der Waals surface area contributed by atoms with Crippen molar-refractivity contribution in [2.24, 2.45) is 23.2 Å². The van der Waals surface area contributed by atoms with Crippen LogP contribution in [0.25, 0.3) is 0 Å². The van der Waals surface area contributed by atoms with Gasteiger partial charge in [-0.3, -0.25) is 4.55 Å². The number of hydrogen-bond acceptors (Lipinski definition) is 6. The highest BCUT2D eigenvalue weighted by molar-refractivity contribution is 7.87. The molecule has 0 aliphatic heterocycles. The van der Waals surface area contributed by atoms with Crippen LogP contribution in [-0.4, -0.2) is 72.5 Å². The molecular weight excluding hydrogens is 622 g/mol. The largest absolute Gasteiger partial charge is 0.455 e. The van der Waals surface area contributed by atoms with Gasteiger partial charge in [0.05, 0.1) is 12.2 Å². The van der Waals surface area contributed by atoms with Crippen LogP contribution in [0.1, 0.15) is 57.8 Å². The number of halogens is 10. The minimum Gasteiger partial charge on any atom is -0.455 e. The van der Waals surface area contributed by atoms with Crippen molar-refractivity contribution in [3.8, 4) is 0 Å².